The first-order valence-corrected chi connectivity index (χ1v) is 13.7. The molecule has 0 amide bonds. The van der Waals surface area contributed by atoms with Crippen LogP contribution in [-0.4, -0.2) is 48.8 Å². The van der Waals surface area contributed by atoms with Gasteiger partial charge < -0.3 is 24.1 Å². The number of benzene rings is 3. The van der Waals surface area contributed by atoms with Crippen LogP contribution in [0.4, 0.5) is 0 Å². The van der Waals surface area contributed by atoms with Crippen molar-refractivity contribution in [3.63, 3.8) is 0 Å². The summed E-state index contributed by atoms with van der Waals surface area (Å²) in [7, 11) is 0. The van der Waals surface area contributed by atoms with Gasteiger partial charge in [0.05, 0.1) is 36.5 Å². The zero-order valence-corrected chi connectivity index (χ0v) is 23.5. The van der Waals surface area contributed by atoms with Gasteiger partial charge in [0, 0.05) is 6.08 Å². The van der Waals surface area contributed by atoms with E-state index in [0.29, 0.717) is 42.3 Å². The fraction of sp³-hybridized carbons (Fsp3) is 0.273. The van der Waals surface area contributed by atoms with Crippen molar-refractivity contribution in [1.29, 1.82) is 0 Å². The first-order valence-electron chi connectivity index (χ1n) is 13.7. The summed E-state index contributed by atoms with van der Waals surface area (Å²) in [6.07, 6.45) is 5.16. The van der Waals surface area contributed by atoms with E-state index in [-0.39, 0.29) is 16.9 Å². The quantitative estimate of drug-likeness (QED) is 0.0882. The molecule has 3 rings (SSSR count). The number of hydrogen-bond donors (Lipinski definition) is 1. The molecule has 0 atom stereocenters. The van der Waals surface area contributed by atoms with Crippen molar-refractivity contribution in [3.05, 3.63) is 96.1 Å². The summed E-state index contributed by atoms with van der Waals surface area (Å²) in [5, 5.41) is 9.71. The average molecular weight is 575 g/mol. The average Bonchev–Trinajstić information content (AvgIpc) is 3.01. The molecule has 0 bridgehead atoms. The van der Waals surface area contributed by atoms with Crippen molar-refractivity contribution in [2.75, 3.05) is 19.8 Å². The summed E-state index contributed by atoms with van der Waals surface area (Å²) in [5.41, 5.74) is 1.78. The maximum Gasteiger partial charge on any atom is 0.343 e. The molecule has 0 radical (unpaired) electrons. The first-order chi connectivity index (χ1) is 20.3. The molecular formula is C33H34O9. The third-order valence-corrected chi connectivity index (χ3v) is 6.11. The highest BCUT2D eigenvalue weighted by Crippen LogP contribution is 2.29. The first kappa shape index (κ1) is 31.6. The second-order valence-electron chi connectivity index (χ2n) is 9.27. The number of esters is 3. The van der Waals surface area contributed by atoms with Gasteiger partial charge in [0.15, 0.2) is 0 Å². The Labute approximate surface area is 244 Å². The molecule has 3 aromatic carbocycles. The summed E-state index contributed by atoms with van der Waals surface area (Å²) in [6.45, 7) is 6.39. The maximum atomic E-state index is 12.7. The SMILES string of the molecule is C=CC(=O)OCCCCCCOc1ccc(C(=O)O)c(-c2ccc(C(=O)Oc3ccc(C(=O)OCCC)cc3)cc2)c1. The number of ether oxygens (including phenoxy) is 4. The molecular weight excluding hydrogens is 540 g/mol. The monoisotopic (exact) mass is 574 g/mol. The fourth-order valence-corrected chi connectivity index (χ4v) is 3.91. The smallest absolute Gasteiger partial charge is 0.343 e. The zero-order chi connectivity index (χ0) is 30.3. The molecule has 9 nitrogen and oxygen atoms in total. The summed E-state index contributed by atoms with van der Waals surface area (Å²) in [6, 6.07) is 17.3. The topological polar surface area (TPSA) is 125 Å². The minimum atomic E-state index is -1.08. The second kappa shape index (κ2) is 16.4. The molecule has 0 spiro atoms. The lowest BCUT2D eigenvalue weighted by Crippen LogP contribution is -2.09. The molecule has 3 aromatic rings. The van der Waals surface area contributed by atoms with Crippen molar-refractivity contribution in [3.8, 4) is 22.6 Å². The zero-order valence-electron chi connectivity index (χ0n) is 23.5. The Morgan fingerprint density at radius 3 is 2.00 bits per heavy atom. The van der Waals surface area contributed by atoms with E-state index in [4.69, 9.17) is 18.9 Å². The highest BCUT2D eigenvalue weighted by Gasteiger charge is 2.15. The number of carbonyl (C=O) groups is 4. The molecule has 0 aliphatic heterocycles. The van der Waals surface area contributed by atoms with Crippen LogP contribution in [0, 0.1) is 0 Å². The van der Waals surface area contributed by atoms with E-state index in [1.807, 2.05) is 6.92 Å². The van der Waals surface area contributed by atoms with Crippen LogP contribution in [0.3, 0.4) is 0 Å². The van der Waals surface area contributed by atoms with Gasteiger partial charge in [-0.3, -0.25) is 0 Å². The molecule has 9 heteroatoms. The van der Waals surface area contributed by atoms with Gasteiger partial charge in [-0.2, -0.15) is 0 Å². The number of carbonyl (C=O) groups excluding carboxylic acids is 3. The Hall–Kier alpha value is -4.92. The largest absolute Gasteiger partial charge is 0.494 e. The van der Waals surface area contributed by atoms with Crippen molar-refractivity contribution in [2.45, 2.75) is 39.0 Å². The molecule has 0 saturated heterocycles. The Kier molecular flexibility index (Phi) is 12.3. The highest BCUT2D eigenvalue weighted by molar-refractivity contribution is 5.97. The number of carboxylic acid groups (broad SMARTS) is 1. The number of hydrogen-bond acceptors (Lipinski definition) is 8. The molecule has 42 heavy (non-hydrogen) atoms. The predicted octanol–water partition coefficient (Wildman–Crippen LogP) is 6.51. The molecule has 0 aliphatic carbocycles. The molecule has 0 saturated carbocycles. The lowest BCUT2D eigenvalue weighted by Gasteiger charge is -2.12. The van der Waals surface area contributed by atoms with Gasteiger partial charge in [0.1, 0.15) is 11.5 Å². The van der Waals surface area contributed by atoms with Crippen LogP contribution < -0.4 is 9.47 Å². The van der Waals surface area contributed by atoms with Gasteiger partial charge in [-0.25, -0.2) is 19.2 Å². The second-order valence-corrected chi connectivity index (χ2v) is 9.27. The Bertz CT molecular complexity index is 1380. The lowest BCUT2D eigenvalue weighted by molar-refractivity contribution is -0.137. The summed E-state index contributed by atoms with van der Waals surface area (Å²) in [5.74, 6) is -1.76. The highest BCUT2D eigenvalue weighted by atomic mass is 16.5. The van der Waals surface area contributed by atoms with Crippen molar-refractivity contribution in [1.82, 2.24) is 0 Å². The summed E-state index contributed by atoms with van der Waals surface area (Å²) >= 11 is 0. The van der Waals surface area contributed by atoms with E-state index < -0.39 is 23.9 Å². The minimum absolute atomic E-state index is 0.101. The maximum absolute atomic E-state index is 12.7. The van der Waals surface area contributed by atoms with Crippen LogP contribution in [0.1, 0.15) is 70.1 Å². The Morgan fingerprint density at radius 2 is 1.36 bits per heavy atom. The van der Waals surface area contributed by atoms with Gasteiger partial charge >= 0.3 is 23.9 Å². The predicted molar refractivity (Wildman–Crippen MR) is 156 cm³/mol. The van der Waals surface area contributed by atoms with E-state index in [1.165, 1.54) is 30.3 Å². The van der Waals surface area contributed by atoms with Crippen LogP contribution in [-0.2, 0) is 14.3 Å². The molecule has 0 aromatic heterocycles. The van der Waals surface area contributed by atoms with Crippen LogP contribution >= 0.6 is 0 Å². The van der Waals surface area contributed by atoms with Crippen LogP contribution in [0.25, 0.3) is 11.1 Å². The molecule has 0 aliphatic rings. The Balaban J connectivity index is 1.58. The van der Waals surface area contributed by atoms with Crippen molar-refractivity contribution < 1.29 is 43.2 Å². The summed E-state index contributed by atoms with van der Waals surface area (Å²) in [4.78, 5) is 47.5. The van der Waals surface area contributed by atoms with Crippen molar-refractivity contribution >= 4 is 23.9 Å². The molecule has 220 valence electrons. The van der Waals surface area contributed by atoms with E-state index in [2.05, 4.69) is 6.58 Å². The lowest BCUT2D eigenvalue weighted by atomic mass is 9.98. The van der Waals surface area contributed by atoms with E-state index in [1.54, 1.807) is 36.4 Å². The van der Waals surface area contributed by atoms with Gasteiger partial charge in [-0.1, -0.05) is 25.6 Å². The van der Waals surface area contributed by atoms with E-state index in [0.717, 1.165) is 38.2 Å². The standard InChI is InChI=1S/C33H34O9/c1-3-19-41-32(37)24-13-15-26(16-14-24)42-33(38)25-11-9-23(10-12-25)29-22-27(17-18-28(29)31(35)36)39-20-7-5-6-8-21-40-30(34)4-2/h4,9-18,22H,2-3,5-8,19-21H2,1H3,(H,35,36). The number of rotatable bonds is 16. The van der Waals surface area contributed by atoms with Gasteiger partial charge in [-0.05, 0) is 97.8 Å². The number of unbranched alkanes of at least 4 members (excludes halogenated alkanes) is 3. The van der Waals surface area contributed by atoms with Crippen molar-refractivity contribution in [2.24, 2.45) is 0 Å². The molecule has 0 fully saturated rings. The van der Waals surface area contributed by atoms with Crippen LogP contribution in [0.2, 0.25) is 0 Å². The van der Waals surface area contributed by atoms with Gasteiger partial charge in [0.25, 0.3) is 0 Å². The number of carboxylic acids is 1. The minimum Gasteiger partial charge on any atom is -0.494 e. The molecule has 0 heterocycles. The third kappa shape index (κ3) is 9.62. The molecule has 1 N–H and O–H groups in total. The van der Waals surface area contributed by atoms with E-state index >= 15 is 0 Å². The van der Waals surface area contributed by atoms with Crippen LogP contribution in [0.15, 0.2) is 79.4 Å². The van der Waals surface area contributed by atoms with Gasteiger partial charge in [-0.15, -0.1) is 0 Å². The van der Waals surface area contributed by atoms with Gasteiger partial charge in [0.2, 0.25) is 0 Å². The van der Waals surface area contributed by atoms with Crippen LogP contribution in [0.5, 0.6) is 11.5 Å². The summed E-state index contributed by atoms with van der Waals surface area (Å²) < 4.78 is 21.3. The fourth-order valence-electron chi connectivity index (χ4n) is 3.91. The normalized spacial score (nSPS) is 10.4. The van der Waals surface area contributed by atoms with E-state index in [9.17, 15) is 24.3 Å². The number of aromatic carboxylic acids is 1. The molecule has 0 unspecified atom stereocenters. The Morgan fingerprint density at radius 1 is 0.738 bits per heavy atom. The third-order valence-electron chi connectivity index (χ3n) is 6.11.